The molecule has 1 unspecified atom stereocenters. The lowest BCUT2D eigenvalue weighted by atomic mass is 10.1. The number of aliphatic hydroxyl groups is 1. The summed E-state index contributed by atoms with van der Waals surface area (Å²) in [6.45, 7) is 5.18. The van der Waals surface area contributed by atoms with Crippen LogP contribution in [0.25, 0.3) is 0 Å². The molecular weight excluding hydrogens is 364 g/mol. The molecule has 0 fully saturated rings. The highest BCUT2D eigenvalue weighted by Gasteiger charge is 2.13. The van der Waals surface area contributed by atoms with Crippen LogP contribution in [0, 0.1) is 0 Å². The second kappa shape index (κ2) is 23.4. The van der Waals surface area contributed by atoms with Crippen molar-refractivity contribution >= 4 is 5.97 Å². The molecule has 0 aliphatic heterocycles. The zero-order valence-corrected chi connectivity index (χ0v) is 19.3. The summed E-state index contributed by atoms with van der Waals surface area (Å²) >= 11 is 0. The maximum Gasteiger partial charge on any atom is 0.306 e. The van der Waals surface area contributed by atoms with Crippen molar-refractivity contribution in [2.75, 3.05) is 19.8 Å². The molecule has 0 saturated carbocycles. The zero-order valence-electron chi connectivity index (χ0n) is 19.3. The Morgan fingerprint density at radius 2 is 1.34 bits per heavy atom. The first kappa shape index (κ1) is 28.1. The quantitative estimate of drug-likeness (QED) is 0.121. The fraction of sp³-hybridized carbons (Fsp3) is 0.880. The number of hydrogen-bond donors (Lipinski definition) is 1. The molecule has 4 heteroatoms. The van der Waals surface area contributed by atoms with Crippen LogP contribution in [-0.4, -0.2) is 37.0 Å². The van der Waals surface area contributed by atoms with E-state index >= 15 is 0 Å². The Balaban J connectivity index is 3.41. The second-order valence-electron chi connectivity index (χ2n) is 8.06. The number of carbonyl (C=O) groups is 1. The van der Waals surface area contributed by atoms with Gasteiger partial charge in [-0.2, -0.15) is 0 Å². The van der Waals surface area contributed by atoms with Gasteiger partial charge in [0, 0.05) is 13.0 Å². The fourth-order valence-corrected chi connectivity index (χ4v) is 3.20. The summed E-state index contributed by atoms with van der Waals surface area (Å²) in [7, 11) is 0. The Kier molecular flexibility index (Phi) is 22.7. The molecule has 0 radical (unpaired) electrons. The monoisotopic (exact) mass is 412 g/mol. The van der Waals surface area contributed by atoms with Crippen LogP contribution in [-0.2, 0) is 14.3 Å². The lowest BCUT2D eigenvalue weighted by Gasteiger charge is -2.15. The molecule has 0 aliphatic carbocycles. The van der Waals surface area contributed by atoms with E-state index in [1.54, 1.807) is 0 Å². The van der Waals surface area contributed by atoms with Crippen LogP contribution in [0.2, 0.25) is 0 Å². The molecule has 0 aromatic carbocycles. The van der Waals surface area contributed by atoms with Crippen LogP contribution < -0.4 is 0 Å². The normalized spacial score (nSPS) is 12.5. The molecule has 0 bridgehead atoms. The number of hydrogen-bond acceptors (Lipinski definition) is 4. The average molecular weight is 413 g/mol. The number of esters is 1. The van der Waals surface area contributed by atoms with E-state index in [-0.39, 0.29) is 12.6 Å². The minimum absolute atomic E-state index is 0.173. The summed E-state index contributed by atoms with van der Waals surface area (Å²) in [6, 6.07) is 0. The van der Waals surface area contributed by atoms with E-state index in [2.05, 4.69) is 26.0 Å². The predicted octanol–water partition coefficient (Wildman–Crippen LogP) is 6.74. The number of ether oxygens (including phenoxy) is 2. The van der Waals surface area contributed by atoms with Crippen molar-refractivity contribution in [3.8, 4) is 0 Å². The lowest BCUT2D eigenvalue weighted by molar-refractivity contribution is -0.154. The van der Waals surface area contributed by atoms with Crippen molar-refractivity contribution in [3.05, 3.63) is 12.2 Å². The van der Waals surface area contributed by atoms with Gasteiger partial charge in [0.15, 0.2) is 0 Å². The molecule has 0 aromatic heterocycles. The molecule has 0 spiro atoms. The molecule has 1 atom stereocenters. The van der Waals surface area contributed by atoms with Crippen molar-refractivity contribution in [1.82, 2.24) is 0 Å². The predicted molar refractivity (Wildman–Crippen MR) is 122 cm³/mol. The van der Waals surface area contributed by atoms with E-state index in [1.807, 2.05) is 0 Å². The van der Waals surface area contributed by atoms with Gasteiger partial charge >= 0.3 is 5.97 Å². The van der Waals surface area contributed by atoms with Gasteiger partial charge in [0.2, 0.25) is 0 Å². The SMILES string of the molecule is CCCCC/C=C\CCCCCCCCOCC(CO)OC(=O)CCCCCC. The summed E-state index contributed by atoms with van der Waals surface area (Å²) in [6.07, 6.45) is 22.6. The van der Waals surface area contributed by atoms with E-state index in [9.17, 15) is 9.90 Å². The maximum absolute atomic E-state index is 11.7. The largest absolute Gasteiger partial charge is 0.457 e. The molecule has 0 aromatic rings. The van der Waals surface area contributed by atoms with Gasteiger partial charge in [-0.05, 0) is 38.5 Å². The molecule has 0 saturated heterocycles. The van der Waals surface area contributed by atoms with Crippen molar-refractivity contribution in [1.29, 1.82) is 0 Å². The molecule has 0 rings (SSSR count). The van der Waals surface area contributed by atoms with Gasteiger partial charge in [0.05, 0.1) is 13.2 Å². The first-order chi connectivity index (χ1) is 14.2. The topological polar surface area (TPSA) is 55.8 Å². The van der Waals surface area contributed by atoms with Crippen molar-refractivity contribution in [2.45, 2.75) is 123 Å². The Morgan fingerprint density at radius 3 is 2.00 bits per heavy atom. The molecule has 29 heavy (non-hydrogen) atoms. The number of allylic oxidation sites excluding steroid dienone is 2. The standard InChI is InChI=1S/C25H48O4/c1-3-5-7-9-10-11-12-13-14-15-16-17-19-21-28-23-24(22-26)29-25(27)20-18-8-6-4-2/h10-11,24,26H,3-9,12-23H2,1-2H3/b11-10-. The van der Waals surface area contributed by atoms with Crippen LogP contribution in [0.3, 0.4) is 0 Å². The number of unbranched alkanes of at least 4 members (excludes halogenated alkanes) is 12. The van der Waals surface area contributed by atoms with E-state index in [0.29, 0.717) is 19.6 Å². The van der Waals surface area contributed by atoms with Gasteiger partial charge in [-0.25, -0.2) is 0 Å². The van der Waals surface area contributed by atoms with Crippen molar-refractivity contribution in [2.24, 2.45) is 0 Å². The van der Waals surface area contributed by atoms with E-state index in [4.69, 9.17) is 9.47 Å². The van der Waals surface area contributed by atoms with Crippen LogP contribution in [0.4, 0.5) is 0 Å². The van der Waals surface area contributed by atoms with Crippen LogP contribution >= 0.6 is 0 Å². The van der Waals surface area contributed by atoms with E-state index in [0.717, 1.165) is 32.1 Å². The van der Waals surface area contributed by atoms with Crippen LogP contribution in [0.5, 0.6) is 0 Å². The van der Waals surface area contributed by atoms with Crippen molar-refractivity contribution in [3.63, 3.8) is 0 Å². The summed E-state index contributed by atoms with van der Waals surface area (Å²) in [5, 5.41) is 9.34. The summed E-state index contributed by atoms with van der Waals surface area (Å²) in [4.78, 5) is 11.7. The van der Waals surface area contributed by atoms with Gasteiger partial charge in [-0.1, -0.05) is 83.8 Å². The van der Waals surface area contributed by atoms with E-state index in [1.165, 1.54) is 64.2 Å². The number of aliphatic hydroxyl groups excluding tert-OH is 1. The molecule has 1 N–H and O–H groups in total. The molecular formula is C25H48O4. The summed E-state index contributed by atoms with van der Waals surface area (Å²) in [5.41, 5.74) is 0. The third-order valence-electron chi connectivity index (χ3n) is 5.09. The third-order valence-corrected chi connectivity index (χ3v) is 5.09. The Hall–Kier alpha value is -0.870. The number of carbonyl (C=O) groups excluding carboxylic acids is 1. The second-order valence-corrected chi connectivity index (χ2v) is 8.06. The van der Waals surface area contributed by atoms with Gasteiger partial charge in [0.1, 0.15) is 6.10 Å². The highest BCUT2D eigenvalue weighted by Crippen LogP contribution is 2.09. The molecule has 4 nitrogen and oxygen atoms in total. The Labute approximate surface area is 180 Å². The molecule has 0 amide bonds. The van der Waals surface area contributed by atoms with E-state index < -0.39 is 6.10 Å². The third kappa shape index (κ3) is 21.7. The van der Waals surface area contributed by atoms with Gasteiger partial charge in [0.25, 0.3) is 0 Å². The van der Waals surface area contributed by atoms with Gasteiger partial charge < -0.3 is 14.6 Å². The Bertz CT molecular complexity index is 368. The van der Waals surface area contributed by atoms with Gasteiger partial charge in [-0.15, -0.1) is 0 Å². The fourth-order valence-electron chi connectivity index (χ4n) is 3.20. The molecule has 172 valence electrons. The zero-order chi connectivity index (χ0) is 21.4. The van der Waals surface area contributed by atoms with Crippen LogP contribution in [0.15, 0.2) is 12.2 Å². The first-order valence-electron chi connectivity index (χ1n) is 12.3. The van der Waals surface area contributed by atoms with Crippen LogP contribution in [0.1, 0.15) is 117 Å². The number of rotatable bonds is 22. The average Bonchev–Trinajstić information content (AvgIpc) is 2.73. The summed E-state index contributed by atoms with van der Waals surface area (Å²) < 4.78 is 10.9. The molecule has 0 aliphatic rings. The minimum Gasteiger partial charge on any atom is -0.457 e. The van der Waals surface area contributed by atoms with Crippen molar-refractivity contribution < 1.29 is 19.4 Å². The first-order valence-corrected chi connectivity index (χ1v) is 12.3. The smallest absolute Gasteiger partial charge is 0.306 e. The minimum atomic E-state index is -0.524. The summed E-state index contributed by atoms with van der Waals surface area (Å²) in [5.74, 6) is -0.223. The lowest BCUT2D eigenvalue weighted by Crippen LogP contribution is -2.27. The highest BCUT2D eigenvalue weighted by atomic mass is 16.6. The maximum atomic E-state index is 11.7. The highest BCUT2D eigenvalue weighted by molar-refractivity contribution is 5.69. The Morgan fingerprint density at radius 1 is 0.793 bits per heavy atom. The molecule has 0 heterocycles. The van der Waals surface area contributed by atoms with Gasteiger partial charge in [-0.3, -0.25) is 4.79 Å².